The molecule has 1 N–H and O–H groups in total. The fraction of sp³-hybridized carbons (Fsp3) is 0.562. The number of aromatic nitrogens is 4. The topological polar surface area (TPSA) is 64.9 Å². The summed E-state index contributed by atoms with van der Waals surface area (Å²) in [4.78, 5) is 8.54. The molecule has 2 heterocycles. The number of nitrogens with zero attached hydrogens (tertiary/aromatic N) is 4. The van der Waals surface area contributed by atoms with Gasteiger partial charge >= 0.3 is 0 Å². The molecule has 0 unspecified atom stereocenters. The minimum absolute atomic E-state index is 0.107. The highest BCUT2D eigenvalue weighted by atomic mass is 19.3. The Morgan fingerprint density at radius 1 is 1.24 bits per heavy atom. The van der Waals surface area contributed by atoms with Gasteiger partial charge in [0.25, 0.3) is 5.95 Å². The number of ether oxygens (including phenoxy) is 1. The van der Waals surface area contributed by atoms with Crippen molar-refractivity contribution >= 4 is 5.82 Å². The van der Waals surface area contributed by atoms with Crippen molar-refractivity contribution in [3.63, 3.8) is 0 Å². The van der Waals surface area contributed by atoms with Crippen LogP contribution in [0.4, 0.5) is 19.0 Å². The van der Waals surface area contributed by atoms with Crippen LogP contribution in [0.3, 0.4) is 0 Å². The van der Waals surface area contributed by atoms with E-state index < -0.39 is 11.7 Å². The second-order valence-electron chi connectivity index (χ2n) is 6.27. The van der Waals surface area contributed by atoms with Crippen LogP contribution >= 0.6 is 0 Å². The third kappa shape index (κ3) is 3.69. The monoisotopic (exact) mass is 355 g/mol. The van der Waals surface area contributed by atoms with Gasteiger partial charge in [-0.05, 0) is 26.7 Å². The molecule has 0 amide bonds. The number of rotatable bonds is 4. The van der Waals surface area contributed by atoms with Gasteiger partial charge in [0, 0.05) is 24.9 Å². The number of hydrogen-bond donors (Lipinski definition) is 1. The SMILES string of the molecule is COc1cc(NC2CCC(F)(F)CC2)nc(-n2nc(C)c(F)c2C)n1. The number of alkyl halides is 2. The molecule has 0 bridgehead atoms. The second kappa shape index (κ2) is 6.53. The summed E-state index contributed by atoms with van der Waals surface area (Å²) >= 11 is 0. The largest absolute Gasteiger partial charge is 0.481 e. The Labute approximate surface area is 143 Å². The first-order valence-electron chi connectivity index (χ1n) is 8.08. The zero-order valence-electron chi connectivity index (χ0n) is 14.3. The summed E-state index contributed by atoms with van der Waals surface area (Å²) < 4.78 is 46.9. The van der Waals surface area contributed by atoms with Crippen molar-refractivity contribution in [1.29, 1.82) is 0 Å². The number of halogens is 3. The highest BCUT2D eigenvalue weighted by molar-refractivity contribution is 5.42. The fourth-order valence-corrected chi connectivity index (χ4v) is 2.90. The summed E-state index contributed by atoms with van der Waals surface area (Å²) in [6.07, 6.45) is 0.400. The Balaban J connectivity index is 1.87. The first kappa shape index (κ1) is 17.5. The summed E-state index contributed by atoms with van der Waals surface area (Å²) in [5.41, 5.74) is 0.530. The zero-order valence-corrected chi connectivity index (χ0v) is 14.3. The van der Waals surface area contributed by atoms with Gasteiger partial charge in [0.2, 0.25) is 11.8 Å². The number of aryl methyl sites for hydroxylation is 1. The summed E-state index contributed by atoms with van der Waals surface area (Å²) in [5, 5.41) is 7.24. The molecule has 25 heavy (non-hydrogen) atoms. The van der Waals surface area contributed by atoms with E-state index in [0.717, 1.165) is 0 Å². The fourth-order valence-electron chi connectivity index (χ4n) is 2.90. The molecule has 6 nitrogen and oxygen atoms in total. The smallest absolute Gasteiger partial charge is 0.256 e. The van der Waals surface area contributed by atoms with E-state index in [1.807, 2.05) is 0 Å². The quantitative estimate of drug-likeness (QED) is 0.910. The number of hydrogen-bond acceptors (Lipinski definition) is 5. The average Bonchev–Trinajstić information content (AvgIpc) is 2.84. The van der Waals surface area contributed by atoms with Crippen LogP contribution in [0.5, 0.6) is 5.88 Å². The first-order valence-corrected chi connectivity index (χ1v) is 8.08. The lowest BCUT2D eigenvalue weighted by Gasteiger charge is -2.29. The molecule has 3 rings (SSSR count). The molecule has 0 aromatic carbocycles. The van der Waals surface area contributed by atoms with Gasteiger partial charge in [-0.3, -0.25) is 0 Å². The zero-order chi connectivity index (χ0) is 18.2. The van der Waals surface area contributed by atoms with E-state index in [9.17, 15) is 13.2 Å². The summed E-state index contributed by atoms with van der Waals surface area (Å²) in [6.45, 7) is 3.13. The lowest BCUT2D eigenvalue weighted by atomic mass is 9.92. The Bertz CT molecular complexity index is 767. The van der Waals surface area contributed by atoms with Gasteiger partial charge in [-0.25, -0.2) is 13.2 Å². The molecule has 136 valence electrons. The Kier molecular flexibility index (Phi) is 4.57. The van der Waals surface area contributed by atoms with Crippen LogP contribution in [0.2, 0.25) is 0 Å². The molecule has 1 fully saturated rings. The van der Waals surface area contributed by atoms with E-state index in [1.165, 1.54) is 11.8 Å². The molecule has 0 saturated heterocycles. The molecule has 1 aliphatic carbocycles. The van der Waals surface area contributed by atoms with Crippen molar-refractivity contribution in [2.75, 3.05) is 12.4 Å². The maximum atomic E-state index is 13.9. The Morgan fingerprint density at radius 2 is 1.92 bits per heavy atom. The van der Waals surface area contributed by atoms with E-state index >= 15 is 0 Å². The lowest BCUT2D eigenvalue weighted by Crippen LogP contribution is -2.32. The third-order valence-electron chi connectivity index (χ3n) is 4.36. The van der Waals surface area contributed by atoms with Crippen molar-refractivity contribution in [2.24, 2.45) is 0 Å². The van der Waals surface area contributed by atoms with Gasteiger partial charge in [0.05, 0.1) is 18.5 Å². The number of anilines is 1. The summed E-state index contributed by atoms with van der Waals surface area (Å²) in [6, 6.07) is 1.47. The van der Waals surface area contributed by atoms with Gasteiger partial charge in [0.1, 0.15) is 5.82 Å². The van der Waals surface area contributed by atoms with E-state index in [-0.39, 0.29) is 42.1 Å². The van der Waals surface area contributed by atoms with Crippen LogP contribution in [-0.4, -0.2) is 38.8 Å². The van der Waals surface area contributed by atoms with Crippen molar-refractivity contribution in [3.8, 4) is 11.8 Å². The average molecular weight is 355 g/mol. The molecule has 1 saturated carbocycles. The van der Waals surface area contributed by atoms with E-state index in [0.29, 0.717) is 18.7 Å². The molecule has 0 radical (unpaired) electrons. The molecule has 0 spiro atoms. The van der Waals surface area contributed by atoms with E-state index in [4.69, 9.17) is 4.74 Å². The minimum Gasteiger partial charge on any atom is -0.481 e. The van der Waals surface area contributed by atoms with Gasteiger partial charge in [-0.15, -0.1) is 0 Å². The van der Waals surface area contributed by atoms with Gasteiger partial charge in [-0.2, -0.15) is 19.7 Å². The van der Waals surface area contributed by atoms with E-state index in [1.54, 1.807) is 19.9 Å². The lowest BCUT2D eigenvalue weighted by molar-refractivity contribution is -0.0361. The van der Waals surface area contributed by atoms with Crippen molar-refractivity contribution in [3.05, 3.63) is 23.3 Å². The molecule has 2 aromatic heterocycles. The summed E-state index contributed by atoms with van der Waals surface area (Å²) in [5.74, 6) is -2.14. The molecule has 0 aliphatic heterocycles. The van der Waals surface area contributed by atoms with Crippen molar-refractivity contribution in [2.45, 2.75) is 51.5 Å². The van der Waals surface area contributed by atoms with E-state index in [2.05, 4.69) is 20.4 Å². The normalized spacial score (nSPS) is 17.5. The van der Waals surface area contributed by atoms with Gasteiger partial charge in [-0.1, -0.05) is 0 Å². The van der Waals surface area contributed by atoms with Crippen LogP contribution < -0.4 is 10.1 Å². The highest BCUT2D eigenvalue weighted by Crippen LogP contribution is 2.34. The molecular weight excluding hydrogens is 335 g/mol. The van der Waals surface area contributed by atoms with Crippen LogP contribution in [-0.2, 0) is 0 Å². The van der Waals surface area contributed by atoms with Crippen LogP contribution in [0.25, 0.3) is 5.95 Å². The molecule has 2 aromatic rings. The first-order chi connectivity index (χ1) is 11.8. The molecule has 9 heteroatoms. The minimum atomic E-state index is -2.59. The summed E-state index contributed by atoms with van der Waals surface area (Å²) in [7, 11) is 1.46. The highest BCUT2D eigenvalue weighted by Gasteiger charge is 2.35. The molecular formula is C16H20F3N5O. The van der Waals surface area contributed by atoms with Gasteiger partial charge in [0.15, 0.2) is 5.82 Å². The second-order valence-corrected chi connectivity index (χ2v) is 6.27. The number of nitrogens with one attached hydrogen (secondary N) is 1. The molecule has 1 aliphatic rings. The standard InChI is InChI=1S/C16H20F3N5O/c1-9-14(17)10(2)24(23-9)15-21-12(8-13(22-15)25-3)20-11-4-6-16(18,19)7-5-11/h8,11H,4-7H2,1-3H3,(H,20,21,22). The third-order valence-corrected chi connectivity index (χ3v) is 4.36. The van der Waals surface area contributed by atoms with Crippen LogP contribution in [0.15, 0.2) is 6.07 Å². The van der Waals surface area contributed by atoms with Crippen molar-refractivity contribution < 1.29 is 17.9 Å². The maximum Gasteiger partial charge on any atom is 0.256 e. The van der Waals surface area contributed by atoms with Gasteiger partial charge < -0.3 is 10.1 Å². The number of methoxy groups -OCH3 is 1. The maximum absolute atomic E-state index is 13.9. The molecule has 0 atom stereocenters. The predicted molar refractivity (Wildman–Crippen MR) is 86.0 cm³/mol. The van der Waals surface area contributed by atoms with Crippen LogP contribution in [0, 0.1) is 19.7 Å². The van der Waals surface area contributed by atoms with Crippen LogP contribution in [0.1, 0.15) is 37.1 Å². The van der Waals surface area contributed by atoms with Crippen molar-refractivity contribution in [1.82, 2.24) is 19.7 Å². The Hall–Kier alpha value is -2.32. The predicted octanol–water partition coefficient (Wildman–Crippen LogP) is 3.42. The Morgan fingerprint density at radius 3 is 2.48 bits per heavy atom.